The van der Waals surface area contributed by atoms with Crippen molar-refractivity contribution >= 4 is 5.91 Å². The van der Waals surface area contributed by atoms with E-state index in [0.717, 1.165) is 18.4 Å². The monoisotopic (exact) mass is 547 g/mol. The van der Waals surface area contributed by atoms with Crippen molar-refractivity contribution in [2.45, 2.75) is 51.1 Å². The van der Waals surface area contributed by atoms with E-state index in [2.05, 4.69) is 22.0 Å². The van der Waals surface area contributed by atoms with Gasteiger partial charge in [0.25, 0.3) is 5.91 Å². The number of rotatable bonds is 6. The van der Waals surface area contributed by atoms with Crippen molar-refractivity contribution in [3.8, 4) is 40.5 Å². The second-order valence-corrected chi connectivity index (χ2v) is 10.4. The summed E-state index contributed by atoms with van der Waals surface area (Å²) in [6, 6.07) is 21.0. The summed E-state index contributed by atoms with van der Waals surface area (Å²) in [6.45, 7) is 4.38. The summed E-state index contributed by atoms with van der Waals surface area (Å²) >= 11 is 0. The molecule has 2 unspecified atom stereocenters. The molecule has 8 heteroatoms. The van der Waals surface area contributed by atoms with Crippen LogP contribution in [0.15, 0.2) is 71.1 Å². The minimum absolute atomic E-state index is 0.112. The molecule has 5 rings (SSSR count). The number of hydrogen-bond acceptors (Lipinski definition) is 6. The Kier molecular flexibility index (Phi) is 7.96. The maximum Gasteiger partial charge on any atom is 0.254 e. The number of likely N-dealkylation sites (tertiary alicyclic amines) is 1. The van der Waals surface area contributed by atoms with E-state index >= 15 is 0 Å². The van der Waals surface area contributed by atoms with E-state index in [9.17, 15) is 14.4 Å². The Labute approximate surface area is 238 Å². The predicted molar refractivity (Wildman–Crippen MR) is 154 cm³/mol. The average Bonchev–Trinajstić information content (AvgIpc) is 3.66. The molecule has 7 nitrogen and oxygen atoms in total. The number of hydrogen-bond donors (Lipinski definition) is 1. The minimum Gasteiger partial charge on any atom is -0.419 e. The Balaban J connectivity index is 1.58. The van der Waals surface area contributed by atoms with Crippen molar-refractivity contribution in [1.82, 2.24) is 15.1 Å². The molecule has 2 N–H and O–H groups in total. The summed E-state index contributed by atoms with van der Waals surface area (Å²) in [5.74, 6) is 5.85. The lowest BCUT2D eigenvalue weighted by atomic mass is 9.94. The number of amides is 1. The highest BCUT2D eigenvalue weighted by Gasteiger charge is 2.31. The van der Waals surface area contributed by atoms with Gasteiger partial charge in [0.15, 0.2) is 0 Å². The highest BCUT2D eigenvalue weighted by Crippen LogP contribution is 2.33. The number of nitrogens with two attached hydrogens (primary N) is 1. The molecule has 0 radical (unpaired) electrons. The number of nitriles is 1. The molecule has 4 aromatic rings. The minimum atomic E-state index is -0.944. The van der Waals surface area contributed by atoms with Crippen molar-refractivity contribution in [3.63, 3.8) is 0 Å². The molecular weight excluding hydrogens is 517 g/mol. The summed E-state index contributed by atoms with van der Waals surface area (Å²) in [7, 11) is 0. The normalized spacial score (nSPS) is 16.0. The SMILES string of the molecule is CCC#CC1CCCN1C(=O)c1cc(-c2nnc(C(C)(N)Cc3ccccc3)o2)cc(-c2cccc(F)c2C#N)c1. The van der Waals surface area contributed by atoms with Gasteiger partial charge in [0, 0.05) is 29.7 Å². The summed E-state index contributed by atoms with van der Waals surface area (Å²) in [5.41, 5.74) is 8.23. The standard InChI is InChI=1S/C33H30FN5O2/c1-3-4-12-26-13-9-16-39(26)31(40)25-18-23(27-14-8-15-29(34)28(27)21-35)17-24(19-25)30-37-38-32(41-30)33(2,36)20-22-10-6-5-7-11-22/h5-8,10-11,14-15,17-19,26H,3,9,13,16,20,36H2,1-2H3. The molecule has 2 heterocycles. The molecule has 2 atom stereocenters. The van der Waals surface area contributed by atoms with E-state index in [0.29, 0.717) is 41.6 Å². The molecule has 1 aromatic heterocycles. The summed E-state index contributed by atoms with van der Waals surface area (Å²) < 4.78 is 20.7. The second kappa shape index (κ2) is 11.8. The fraction of sp³-hybridized carbons (Fsp3) is 0.273. The zero-order valence-electron chi connectivity index (χ0n) is 23.0. The molecule has 0 spiro atoms. The van der Waals surface area contributed by atoms with Gasteiger partial charge in [-0.05, 0) is 61.6 Å². The maximum absolute atomic E-state index is 14.6. The predicted octanol–water partition coefficient (Wildman–Crippen LogP) is 5.85. The Morgan fingerprint density at radius 1 is 1.15 bits per heavy atom. The Hall–Kier alpha value is -4.79. The molecular formula is C33H30FN5O2. The van der Waals surface area contributed by atoms with Crippen LogP contribution < -0.4 is 5.73 Å². The number of carbonyl (C=O) groups excluding carboxylic acids is 1. The fourth-order valence-corrected chi connectivity index (χ4v) is 5.12. The molecule has 0 aliphatic carbocycles. The average molecular weight is 548 g/mol. The van der Waals surface area contributed by atoms with Gasteiger partial charge in [-0.2, -0.15) is 5.26 Å². The van der Waals surface area contributed by atoms with E-state index in [4.69, 9.17) is 10.2 Å². The second-order valence-electron chi connectivity index (χ2n) is 10.4. The molecule has 0 bridgehead atoms. The van der Waals surface area contributed by atoms with Gasteiger partial charge < -0.3 is 15.1 Å². The van der Waals surface area contributed by atoms with Gasteiger partial charge in [-0.3, -0.25) is 4.79 Å². The Bertz CT molecular complexity index is 1680. The molecule has 1 aliphatic heterocycles. The van der Waals surface area contributed by atoms with Crippen LogP contribution in [0, 0.1) is 29.0 Å². The van der Waals surface area contributed by atoms with Crippen molar-refractivity contribution in [3.05, 3.63) is 95.1 Å². The summed E-state index contributed by atoms with van der Waals surface area (Å²) in [6.07, 6.45) is 2.84. The van der Waals surface area contributed by atoms with Gasteiger partial charge >= 0.3 is 0 Å². The molecule has 0 saturated carbocycles. The lowest BCUT2D eigenvalue weighted by molar-refractivity contribution is 0.0766. The van der Waals surface area contributed by atoms with Crippen LogP contribution in [0.3, 0.4) is 0 Å². The van der Waals surface area contributed by atoms with Gasteiger partial charge in [-0.1, -0.05) is 55.3 Å². The van der Waals surface area contributed by atoms with Crippen molar-refractivity contribution in [2.24, 2.45) is 5.73 Å². The molecule has 41 heavy (non-hydrogen) atoms. The first-order valence-corrected chi connectivity index (χ1v) is 13.6. The van der Waals surface area contributed by atoms with Crippen LogP contribution in [0.4, 0.5) is 4.39 Å². The third kappa shape index (κ3) is 5.89. The highest BCUT2D eigenvalue weighted by atomic mass is 19.1. The van der Waals surface area contributed by atoms with Crippen LogP contribution in [0.2, 0.25) is 0 Å². The van der Waals surface area contributed by atoms with Gasteiger partial charge in [0.2, 0.25) is 11.8 Å². The van der Waals surface area contributed by atoms with Crippen molar-refractivity contribution < 1.29 is 13.6 Å². The van der Waals surface area contributed by atoms with Crippen LogP contribution >= 0.6 is 0 Å². The number of halogens is 1. The maximum atomic E-state index is 14.6. The number of carbonyl (C=O) groups is 1. The van der Waals surface area contributed by atoms with Gasteiger partial charge in [-0.25, -0.2) is 4.39 Å². The van der Waals surface area contributed by atoms with Crippen molar-refractivity contribution in [2.75, 3.05) is 6.54 Å². The third-order valence-electron chi connectivity index (χ3n) is 7.15. The van der Waals surface area contributed by atoms with E-state index < -0.39 is 11.4 Å². The smallest absolute Gasteiger partial charge is 0.254 e. The van der Waals surface area contributed by atoms with Crippen LogP contribution in [-0.2, 0) is 12.0 Å². The Morgan fingerprint density at radius 3 is 2.68 bits per heavy atom. The Morgan fingerprint density at radius 2 is 1.93 bits per heavy atom. The first-order valence-electron chi connectivity index (χ1n) is 13.6. The number of aromatic nitrogens is 2. The van der Waals surface area contributed by atoms with Gasteiger partial charge in [0.1, 0.15) is 11.9 Å². The highest BCUT2D eigenvalue weighted by molar-refractivity contribution is 5.97. The number of benzene rings is 3. The molecule has 1 fully saturated rings. The number of nitrogens with zero attached hydrogens (tertiary/aromatic N) is 4. The quantitative estimate of drug-likeness (QED) is 0.303. The van der Waals surface area contributed by atoms with Crippen LogP contribution in [0.5, 0.6) is 0 Å². The van der Waals surface area contributed by atoms with Gasteiger partial charge in [-0.15, -0.1) is 16.1 Å². The zero-order valence-corrected chi connectivity index (χ0v) is 23.0. The largest absolute Gasteiger partial charge is 0.419 e. The topological polar surface area (TPSA) is 109 Å². The lowest BCUT2D eigenvalue weighted by Crippen LogP contribution is -2.35. The first-order chi connectivity index (χ1) is 19.8. The molecule has 3 aromatic carbocycles. The van der Waals surface area contributed by atoms with Crippen LogP contribution in [-0.4, -0.2) is 33.6 Å². The van der Waals surface area contributed by atoms with Crippen LogP contribution in [0.25, 0.3) is 22.6 Å². The van der Waals surface area contributed by atoms with E-state index in [1.54, 1.807) is 29.2 Å². The molecule has 1 saturated heterocycles. The van der Waals surface area contributed by atoms with Crippen LogP contribution in [0.1, 0.15) is 60.5 Å². The molecule has 1 amide bonds. The molecule has 1 aliphatic rings. The van der Waals surface area contributed by atoms with E-state index in [1.807, 2.05) is 50.2 Å². The fourth-order valence-electron chi connectivity index (χ4n) is 5.12. The summed E-state index contributed by atoms with van der Waals surface area (Å²) in [4.78, 5) is 15.6. The zero-order chi connectivity index (χ0) is 29.0. The summed E-state index contributed by atoms with van der Waals surface area (Å²) in [5, 5.41) is 18.2. The van der Waals surface area contributed by atoms with Crippen molar-refractivity contribution in [1.29, 1.82) is 5.26 Å². The third-order valence-corrected chi connectivity index (χ3v) is 7.15. The van der Waals surface area contributed by atoms with E-state index in [1.165, 1.54) is 12.1 Å². The molecule has 206 valence electrons. The van der Waals surface area contributed by atoms with Gasteiger partial charge in [0.05, 0.1) is 17.1 Å². The first kappa shape index (κ1) is 27.8. The lowest BCUT2D eigenvalue weighted by Gasteiger charge is -2.21. The van der Waals surface area contributed by atoms with E-state index in [-0.39, 0.29) is 29.3 Å².